The van der Waals surface area contributed by atoms with Gasteiger partial charge >= 0.3 is 0 Å². The second-order valence-corrected chi connectivity index (χ2v) is 10.6. The lowest BCUT2D eigenvalue weighted by Crippen LogP contribution is -1.99. The van der Waals surface area contributed by atoms with E-state index < -0.39 is 10.0 Å². The maximum atomic E-state index is 10.9. The third-order valence-corrected chi connectivity index (χ3v) is 5.64. The largest absolute Gasteiger partial charge is 0.343 e. The van der Waals surface area contributed by atoms with E-state index in [0.29, 0.717) is 0 Å². The normalized spacial score (nSPS) is 12.5. The van der Waals surface area contributed by atoms with Gasteiger partial charge in [0.2, 0.25) is 0 Å². The van der Waals surface area contributed by atoms with Crippen LogP contribution in [0.2, 0.25) is 0 Å². The Kier molecular flexibility index (Phi) is 3.90. The fraction of sp³-hybridized carbons (Fsp3) is 0.222. The minimum atomic E-state index is -0.700. The Bertz CT molecular complexity index is 861. The van der Waals surface area contributed by atoms with Crippen LogP contribution in [0.3, 0.4) is 0 Å². The summed E-state index contributed by atoms with van der Waals surface area (Å²) in [6.45, 7) is 0.765. The standard InChI is InChI=1S/C18H20N2O2S/c1-23(2,3)17-7-4-14(5-8-17)13-19-11-10-15-12-16(20(21)22)6-9-18(15)19/h4-12H,13H2,1-3H3. The molecule has 0 unspecified atom stereocenters. The molecule has 3 aromatic rings. The molecule has 0 amide bonds. The molecular weight excluding hydrogens is 308 g/mol. The highest BCUT2D eigenvalue weighted by Gasteiger charge is 2.10. The third-order valence-electron chi connectivity index (χ3n) is 3.95. The molecule has 3 rings (SSSR count). The van der Waals surface area contributed by atoms with Crippen molar-refractivity contribution in [3.63, 3.8) is 0 Å². The van der Waals surface area contributed by atoms with Gasteiger partial charge in [0, 0.05) is 35.8 Å². The molecule has 0 aliphatic carbocycles. The zero-order valence-corrected chi connectivity index (χ0v) is 14.3. The van der Waals surface area contributed by atoms with Gasteiger partial charge in [-0.3, -0.25) is 10.1 Å². The predicted octanol–water partition coefficient (Wildman–Crippen LogP) is 4.65. The van der Waals surface area contributed by atoms with Gasteiger partial charge in [-0.25, -0.2) is 10.0 Å². The van der Waals surface area contributed by atoms with Gasteiger partial charge in [0.05, 0.1) is 4.92 Å². The third kappa shape index (κ3) is 3.24. The first-order valence-corrected chi connectivity index (χ1v) is 10.2. The molecule has 0 fully saturated rings. The summed E-state index contributed by atoms with van der Waals surface area (Å²) < 4.78 is 2.12. The molecule has 4 nitrogen and oxygen atoms in total. The average Bonchev–Trinajstić information content (AvgIpc) is 2.89. The van der Waals surface area contributed by atoms with E-state index in [0.717, 1.165) is 17.4 Å². The molecule has 0 aliphatic heterocycles. The number of hydrogen-bond acceptors (Lipinski definition) is 2. The van der Waals surface area contributed by atoms with Crippen LogP contribution < -0.4 is 0 Å². The van der Waals surface area contributed by atoms with E-state index in [1.807, 2.05) is 18.3 Å². The predicted molar refractivity (Wildman–Crippen MR) is 97.8 cm³/mol. The zero-order valence-electron chi connectivity index (χ0n) is 13.5. The molecule has 0 aliphatic rings. The van der Waals surface area contributed by atoms with Gasteiger partial charge < -0.3 is 4.57 Å². The van der Waals surface area contributed by atoms with E-state index in [1.165, 1.54) is 10.5 Å². The van der Waals surface area contributed by atoms with Gasteiger partial charge in [-0.2, -0.15) is 0 Å². The van der Waals surface area contributed by atoms with Gasteiger partial charge in [0.25, 0.3) is 5.69 Å². The lowest BCUT2D eigenvalue weighted by Gasteiger charge is -2.25. The molecule has 0 radical (unpaired) electrons. The number of nitrogens with zero attached hydrogens (tertiary/aromatic N) is 2. The molecule has 0 saturated heterocycles. The van der Waals surface area contributed by atoms with Crippen LogP contribution in [0.1, 0.15) is 5.56 Å². The van der Waals surface area contributed by atoms with Crippen LogP contribution in [0.5, 0.6) is 0 Å². The summed E-state index contributed by atoms with van der Waals surface area (Å²) in [5, 5.41) is 11.8. The highest BCUT2D eigenvalue weighted by atomic mass is 32.3. The Labute approximate surface area is 137 Å². The molecule has 0 N–H and O–H groups in total. The first-order chi connectivity index (χ1) is 10.8. The highest BCUT2D eigenvalue weighted by molar-refractivity contribution is 8.32. The summed E-state index contributed by atoms with van der Waals surface area (Å²) in [6.07, 6.45) is 8.84. The van der Waals surface area contributed by atoms with E-state index in [9.17, 15) is 10.1 Å². The number of non-ortho nitro benzene ring substituents is 1. The number of nitro groups is 1. The number of nitro benzene ring substituents is 1. The number of rotatable bonds is 4. The number of fused-ring (bicyclic) bond motifs is 1. The SMILES string of the molecule is CS(C)(C)c1ccc(Cn2ccc3cc([N+](=O)[O-])ccc32)cc1. The summed E-state index contributed by atoms with van der Waals surface area (Å²) in [4.78, 5) is 11.9. The summed E-state index contributed by atoms with van der Waals surface area (Å²) >= 11 is 0. The minimum Gasteiger partial charge on any atom is -0.343 e. The fourth-order valence-electron chi connectivity index (χ4n) is 2.64. The smallest absolute Gasteiger partial charge is 0.270 e. The Morgan fingerprint density at radius 2 is 1.74 bits per heavy atom. The van der Waals surface area contributed by atoms with Crippen LogP contribution in [-0.2, 0) is 6.54 Å². The van der Waals surface area contributed by atoms with Crippen molar-refractivity contribution in [2.24, 2.45) is 0 Å². The molecule has 5 heteroatoms. The van der Waals surface area contributed by atoms with Crippen molar-refractivity contribution in [2.45, 2.75) is 11.4 Å². The van der Waals surface area contributed by atoms with Gasteiger partial charge in [-0.15, -0.1) is 0 Å². The summed E-state index contributed by atoms with van der Waals surface area (Å²) in [7, 11) is -0.700. The Balaban J connectivity index is 1.88. The van der Waals surface area contributed by atoms with Crippen molar-refractivity contribution in [1.82, 2.24) is 4.57 Å². The maximum Gasteiger partial charge on any atom is 0.270 e. The lowest BCUT2D eigenvalue weighted by atomic mass is 10.2. The van der Waals surface area contributed by atoms with Gasteiger partial charge in [-0.1, -0.05) is 12.1 Å². The van der Waals surface area contributed by atoms with Crippen molar-refractivity contribution in [3.8, 4) is 0 Å². The molecule has 0 saturated carbocycles. The number of aromatic nitrogens is 1. The molecule has 0 atom stereocenters. The molecule has 0 spiro atoms. The second kappa shape index (κ2) is 5.74. The lowest BCUT2D eigenvalue weighted by molar-refractivity contribution is -0.384. The number of hydrogen-bond donors (Lipinski definition) is 0. The van der Waals surface area contributed by atoms with Crippen LogP contribution in [0.15, 0.2) is 59.6 Å². The number of benzene rings is 2. The Morgan fingerprint density at radius 3 is 2.35 bits per heavy atom. The second-order valence-electron chi connectivity index (χ2n) is 6.42. The molecule has 1 heterocycles. The van der Waals surface area contributed by atoms with E-state index in [1.54, 1.807) is 12.1 Å². The van der Waals surface area contributed by atoms with Crippen molar-refractivity contribution in [2.75, 3.05) is 18.8 Å². The van der Waals surface area contributed by atoms with Crippen molar-refractivity contribution in [1.29, 1.82) is 0 Å². The van der Waals surface area contributed by atoms with Gasteiger partial charge in [0.15, 0.2) is 0 Å². The molecule has 0 bridgehead atoms. The first kappa shape index (κ1) is 15.6. The topological polar surface area (TPSA) is 48.1 Å². The Hall–Kier alpha value is -2.27. The van der Waals surface area contributed by atoms with Crippen molar-refractivity contribution in [3.05, 3.63) is 70.4 Å². The van der Waals surface area contributed by atoms with E-state index in [2.05, 4.69) is 47.6 Å². The molecular formula is C18H20N2O2S. The van der Waals surface area contributed by atoms with Gasteiger partial charge in [-0.05, 0) is 53.5 Å². The molecule has 1 aromatic heterocycles. The monoisotopic (exact) mass is 328 g/mol. The molecule has 120 valence electrons. The van der Waals surface area contributed by atoms with Crippen molar-refractivity contribution < 1.29 is 4.92 Å². The maximum absolute atomic E-state index is 10.9. The molecule has 2 aromatic carbocycles. The Morgan fingerprint density at radius 1 is 1.04 bits per heavy atom. The summed E-state index contributed by atoms with van der Waals surface area (Å²) in [5.41, 5.74) is 2.38. The minimum absolute atomic E-state index is 0.132. The summed E-state index contributed by atoms with van der Waals surface area (Å²) in [6, 6.07) is 15.7. The first-order valence-electron chi connectivity index (χ1n) is 7.35. The fourth-order valence-corrected chi connectivity index (χ4v) is 3.59. The van der Waals surface area contributed by atoms with E-state index in [4.69, 9.17) is 0 Å². The van der Waals surface area contributed by atoms with Crippen molar-refractivity contribution >= 4 is 26.6 Å². The quantitative estimate of drug-likeness (QED) is 0.517. The van der Waals surface area contributed by atoms with Crippen LogP contribution in [0.4, 0.5) is 5.69 Å². The average molecular weight is 328 g/mol. The van der Waals surface area contributed by atoms with E-state index >= 15 is 0 Å². The molecule has 23 heavy (non-hydrogen) atoms. The van der Waals surface area contributed by atoms with Crippen LogP contribution in [0, 0.1) is 10.1 Å². The summed E-state index contributed by atoms with van der Waals surface area (Å²) in [5.74, 6) is 0. The van der Waals surface area contributed by atoms with E-state index in [-0.39, 0.29) is 10.6 Å². The highest BCUT2D eigenvalue weighted by Crippen LogP contribution is 2.44. The van der Waals surface area contributed by atoms with Gasteiger partial charge in [0.1, 0.15) is 0 Å². The zero-order chi connectivity index (χ0) is 16.6. The van der Waals surface area contributed by atoms with Crippen LogP contribution in [0.25, 0.3) is 10.9 Å². The van der Waals surface area contributed by atoms with Crippen LogP contribution in [-0.4, -0.2) is 28.3 Å². The van der Waals surface area contributed by atoms with Crippen LogP contribution >= 0.6 is 10.0 Å².